The van der Waals surface area contributed by atoms with Crippen LogP contribution in [-0.4, -0.2) is 52.9 Å². The van der Waals surface area contributed by atoms with E-state index in [0.717, 1.165) is 37.8 Å². The van der Waals surface area contributed by atoms with Crippen molar-refractivity contribution in [3.05, 3.63) is 29.6 Å². The average molecular weight is 686 g/mol. The number of nitrogens with zero attached hydrogens (tertiary/aromatic N) is 1. The molecule has 0 aliphatic heterocycles. The first-order valence-corrected chi connectivity index (χ1v) is 19.2. The van der Waals surface area contributed by atoms with E-state index in [9.17, 15) is 24.2 Å². The summed E-state index contributed by atoms with van der Waals surface area (Å²) in [4.78, 5) is 10.6. The van der Waals surface area contributed by atoms with Crippen LogP contribution in [0.1, 0.15) is 149 Å². The van der Waals surface area contributed by atoms with Gasteiger partial charge in [0.1, 0.15) is 35.0 Å². The lowest BCUT2D eigenvalue weighted by molar-refractivity contribution is -0.243. The number of unbranched alkanes of at least 4 members (excludes halogenated alkanes) is 15. The zero-order valence-electron chi connectivity index (χ0n) is 29.7. The van der Waals surface area contributed by atoms with E-state index in [-0.39, 0.29) is 17.9 Å². The van der Waals surface area contributed by atoms with Gasteiger partial charge in [0.25, 0.3) is 0 Å². The summed E-state index contributed by atoms with van der Waals surface area (Å²) >= 11 is 0. The van der Waals surface area contributed by atoms with Gasteiger partial charge in [-0.3, -0.25) is 9.05 Å². The third kappa shape index (κ3) is 14.8. The molecule has 0 heterocycles. The number of ether oxygens (including phenoxy) is 3. The molecule has 2 N–H and O–H groups in total. The predicted molar refractivity (Wildman–Crippen MR) is 182 cm³/mol. The molecule has 47 heavy (non-hydrogen) atoms. The Balaban J connectivity index is 1.79. The van der Waals surface area contributed by atoms with Crippen molar-refractivity contribution in [2.45, 2.75) is 173 Å². The van der Waals surface area contributed by atoms with Crippen LogP contribution in [0.2, 0.25) is 0 Å². The fraction of sp³-hybridized carbons (Fsp3) is 0.806. The number of phosphoric acid groups is 1. The Morgan fingerprint density at radius 1 is 0.936 bits per heavy atom. The first kappa shape index (κ1) is 41.6. The summed E-state index contributed by atoms with van der Waals surface area (Å²) in [6, 6.07) is 5.59. The van der Waals surface area contributed by atoms with Gasteiger partial charge in [-0.25, -0.2) is 8.96 Å². The molecule has 0 radical (unpaired) electrons. The van der Waals surface area contributed by atoms with Crippen molar-refractivity contribution in [3.8, 4) is 11.8 Å². The molecule has 3 unspecified atom stereocenters. The Morgan fingerprint density at radius 2 is 1.45 bits per heavy atom. The lowest BCUT2D eigenvalue weighted by atomic mass is 10.0. The second-order valence-corrected chi connectivity index (χ2v) is 15.2. The van der Waals surface area contributed by atoms with E-state index >= 15 is 0 Å². The summed E-state index contributed by atoms with van der Waals surface area (Å²) in [5, 5.41) is 20.0. The molecule has 0 spiro atoms. The molecule has 11 heteroatoms. The predicted octanol–water partition coefficient (Wildman–Crippen LogP) is 9.52. The first-order valence-electron chi connectivity index (χ1n) is 17.7. The fourth-order valence-electron chi connectivity index (χ4n) is 5.94. The molecule has 0 saturated heterocycles. The molecule has 2 rings (SSSR count). The Morgan fingerprint density at radius 3 is 1.94 bits per heavy atom. The van der Waals surface area contributed by atoms with Crippen molar-refractivity contribution in [2.75, 3.05) is 13.7 Å². The Hall–Kier alpha value is -1.57. The van der Waals surface area contributed by atoms with E-state index in [4.69, 9.17) is 23.3 Å². The Labute approximate surface area is 283 Å². The van der Waals surface area contributed by atoms with Crippen molar-refractivity contribution in [3.63, 3.8) is 0 Å². The highest BCUT2D eigenvalue weighted by atomic mass is 31.2. The summed E-state index contributed by atoms with van der Waals surface area (Å²) in [7, 11) is -3.21. The normalized spacial score (nSPS) is 22.9. The lowest BCUT2D eigenvalue weighted by Gasteiger charge is -2.29. The molecular formula is C36H61FNO8P. The molecule has 1 aliphatic rings. The molecule has 0 bridgehead atoms. The maximum Gasteiger partial charge on any atom is 0.472 e. The molecule has 1 aliphatic carbocycles. The molecule has 270 valence electrons. The van der Waals surface area contributed by atoms with Crippen molar-refractivity contribution in [1.82, 2.24) is 0 Å². The summed E-state index contributed by atoms with van der Waals surface area (Å²) in [5.74, 6) is -1.56. The van der Waals surface area contributed by atoms with Gasteiger partial charge in [-0.1, -0.05) is 103 Å². The first-order chi connectivity index (χ1) is 22.2. The van der Waals surface area contributed by atoms with Crippen molar-refractivity contribution in [2.24, 2.45) is 0 Å². The van der Waals surface area contributed by atoms with E-state index in [1.54, 1.807) is 20.8 Å². The Kier molecular flexibility index (Phi) is 17.9. The van der Waals surface area contributed by atoms with E-state index in [2.05, 4.69) is 6.92 Å². The minimum atomic E-state index is -4.67. The summed E-state index contributed by atoms with van der Waals surface area (Å²) < 4.78 is 54.8. The van der Waals surface area contributed by atoms with Crippen LogP contribution < -0.4 is 4.74 Å². The van der Waals surface area contributed by atoms with Gasteiger partial charge in [-0.2, -0.15) is 5.26 Å². The van der Waals surface area contributed by atoms with Crippen LogP contribution in [0.25, 0.3) is 0 Å². The highest BCUT2D eigenvalue weighted by Gasteiger charge is 2.77. The van der Waals surface area contributed by atoms with E-state index in [0.29, 0.717) is 6.42 Å². The number of rotatable bonds is 27. The van der Waals surface area contributed by atoms with Crippen LogP contribution in [0.3, 0.4) is 0 Å². The highest BCUT2D eigenvalue weighted by molar-refractivity contribution is 7.47. The number of methoxy groups -OCH3 is 1. The molecular weight excluding hydrogens is 624 g/mol. The summed E-state index contributed by atoms with van der Waals surface area (Å²) in [6.07, 6.45) is 18.5. The van der Waals surface area contributed by atoms with Gasteiger partial charge in [0.05, 0.1) is 18.2 Å². The van der Waals surface area contributed by atoms with E-state index in [1.165, 1.54) is 97.1 Å². The van der Waals surface area contributed by atoms with Gasteiger partial charge in [0.15, 0.2) is 5.79 Å². The van der Waals surface area contributed by atoms with Gasteiger partial charge in [0, 0.05) is 13.2 Å². The van der Waals surface area contributed by atoms with Gasteiger partial charge in [-0.05, 0) is 52.7 Å². The monoisotopic (exact) mass is 685 g/mol. The zero-order valence-corrected chi connectivity index (χ0v) is 30.6. The number of hydrogen-bond acceptors (Lipinski definition) is 8. The smallest absolute Gasteiger partial charge is 0.472 e. The number of phosphoric ester groups is 1. The molecule has 1 fully saturated rings. The molecule has 0 amide bonds. The SMILES string of the molecule is CCCCCCCCCCCCCCCCCC[C@@H](COP(=O)(O)OC1C(C)(OC(C)(C)OC)[C@]1(C)O)Oc1cc(F)cc(C#N)c1. The molecule has 1 aromatic rings. The van der Waals surface area contributed by atoms with Crippen molar-refractivity contribution < 1.29 is 42.2 Å². The maximum atomic E-state index is 14.1. The molecule has 9 nitrogen and oxygen atoms in total. The minimum absolute atomic E-state index is 0.104. The van der Waals surface area contributed by atoms with E-state index in [1.807, 2.05) is 6.07 Å². The second kappa shape index (κ2) is 20.2. The molecule has 1 saturated carbocycles. The third-order valence-electron chi connectivity index (χ3n) is 9.23. The quantitative estimate of drug-likeness (QED) is 0.0529. The van der Waals surface area contributed by atoms with Crippen LogP contribution in [-0.2, 0) is 23.1 Å². The zero-order chi connectivity index (χ0) is 35.0. The number of nitriles is 1. The maximum absolute atomic E-state index is 14.1. The van der Waals surface area contributed by atoms with Crippen LogP contribution in [0, 0.1) is 17.1 Å². The van der Waals surface area contributed by atoms with Gasteiger partial charge in [0.2, 0.25) is 0 Å². The number of aliphatic hydroxyl groups is 1. The van der Waals surface area contributed by atoms with Crippen LogP contribution in [0.15, 0.2) is 18.2 Å². The third-order valence-corrected chi connectivity index (χ3v) is 10.2. The summed E-state index contributed by atoms with van der Waals surface area (Å²) in [6.45, 7) is 8.26. The largest absolute Gasteiger partial charge is 0.488 e. The van der Waals surface area contributed by atoms with Gasteiger partial charge in [-0.15, -0.1) is 0 Å². The molecule has 0 aromatic heterocycles. The number of benzene rings is 1. The van der Waals surface area contributed by atoms with Crippen LogP contribution in [0.4, 0.5) is 4.39 Å². The second-order valence-electron chi connectivity index (χ2n) is 13.8. The van der Waals surface area contributed by atoms with Gasteiger partial charge < -0.3 is 24.2 Å². The average Bonchev–Trinajstić information content (AvgIpc) is 3.41. The van der Waals surface area contributed by atoms with Crippen molar-refractivity contribution in [1.29, 1.82) is 5.26 Å². The summed E-state index contributed by atoms with van der Waals surface area (Å²) in [5.41, 5.74) is -2.77. The van der Waals surface area contributed by atoms with E-state index < -0.39 is 42.8 Å². The van der Waals surface area contributed by atoms with Crippen molar-refractivity contribution >= 4 is 7.82 Å². The number of halogens is 1. The Bertz CT molecular complexity index is 1140. The standard InChI is InChI=1S/C36H61FNO8P/c1-7-8-9-10-11-12-13-14-15-16-17-18-19-20-21-22-23-31(44-32-25-29(27-38)24-30(37)26-32)28-43-47(40,41)45-33-35(4,39)36(33,5)46-34(2,3)42-6/h24-26,31,33,39H,7-23,28H2,1-6H3,(H,40,41)/t31-,33?,35+,36?/m0/s1. The van der Waals surface area contributed by atoms with Crippen LogP contribution >= 0.6 is 7.82 Å². The highest BCUT2D eigenvalue weighted by Crippen LogP contribution is 2.61. The molecule has 5 atom stereocenters. The number of hydrogen-bond donors (Lipinski definition) is 2. The molecule has 1 aromatic carbocycles. The minimum Gasteiger partial charge on any atom is -0.488 e. The van der Waals surface area contributed by atoms with Crippen LogP contribution in [0.5, 0.6) is 5.75 Å². The lowest BCUT2D eigenvalue weighted by Crippen LogP contribution is -2.37. The van der Waals surface area contributed by atoms with Gasteiger partial charge >= 0.3 is 7.82 Å². The fourth-order valence-corrected chi connectivity index (χ4v) is 7.03. The topological polar surface area (TPSA) is 127 Å².